The summed E-state index contributed by atoms with van der Waals surface area (Å²) in [4.78, 5) is 34.3. The molecule has 1 saturated heterocycles. The molecule has 1 aliphatic rings. The number of hydrogen-bond acceptors (Lipinski definition) is 7. The van der Waals surface area contributed by atoms with Crippen LogP contribution in [-0.2, 0) is 11.8 Å². The SMILES string of the molecule is Cn1ccc(-c2cnc(-c3cn4ccc(C5CC(C)(C)NC(C)(C)C5)nc4n3)c(O)c2)cc1=O.O=CO. The largest absolute Gasteiger partial charge is 0.506 e. The number of nitrogens with zero attached hydrogens (tertiary/aromatic N) is 5. The lowest BCUT2D eigenvalue weighted by Crippen LogP contribution is -2.57. The van der Waals surface area contributed by atoms with Crippen molar-refractivity contribution in [1.82, 2.24) is 29.2 Å². The molecule has 5 heterocycles. The Morgan fingerprint density at radius 3 is 2.35 bits per heavy atom. The van der Waals surface area contributed by atoms with Crippen LogP contribution in [0.15, 0.2) is 53.8 Å². The van der Waals surface area contributed by atoms with E-state index in [1.165, 1.54) is 10.6 Å². The van der Waals surface area contributed by atoms with Gasteiger partial charge in [-0.15, -0.1) is 0 Å². The van der Waals surface area contributed by atoms with Gasteiger partial charge in [-0.25, -0.2) is 15.0 Å². The number of imidazole rings is 1. The van der Waals surface area contributed by atoms with Crippen molar-refractivity contribution in [3.63, 3.8) is 0 Å². The van der Waals surface area contributed by atoms with Crippen LogP contribution in [0.25, 0.3) is 28.3 Å². The first-order valence-corrected chi connectivity index (χ1v) is 12.0. The molecule has 5 rings (SSSR count). The number of aromatic hydroxyl groups is 1. The minimum Gasteiger partial charge on any atom is -0.506 e. The molecule has 0 aromatic carbocycles. The maximum atomic E-state index is 12.0. The van der Waals surface area contributed by atoms with E-state index in [0.29, 0.717) is 34.2 Å². The summed E-state index contributed by atoms with van der Waals surface area (Å²) >= 11 is 0. The van der Waals surface area contributed by atoms with E-state index in [2.05, 4.69) is 49.0 Å². The van der Waals surface area contributed by atoms with Gasteiger partial charge in [0, 0.05) is 66.2 Å². The van der Waals surface area contributed by atoms with Crippen LogP contribution in [0.3, 0.4) is 0 Å². The van der Waals surface area contributed by atoms with E-state index >= 15 is 0 Å². The van der Waals surface area contributed by atoms with Crippen LogP contribution < -0.4 is 10.9 Å². The highest BCUT2D eigenvalue weighted by atomic mass is 16.3. The lowest BCUT2D eigenvalue weighted by atomic mass is 9.74. The summed E-state index contributed by atoms with van der Waals surface area (Å²) in [5, 5.41) is 21.3. The summed E-state index contributed by atoms with van der Waals surface area (Å²) in [6.07, 6.45) is 9.13. The second-order valence-electron chi connectivity index (χ2n) is 10.7. The molecule has 4 aromatic rings. The standard InChI is InChI=1S/C26H30N6O2.CH2O2/c1-25(2)12-18(13-26(3,4)30-25)19-7-9-32-15-20(29-24(32)28-19)23-21(33)10-17(14-27-23)16-6-8-31(5)22(34)11-16;2-1-3/h6-11,14-15,18,30,33H,12-13H2,1-5H3;1H,(H,2,3). The predicted octanol–water partition coefficient (Wildman–Crippen LogP) is 3.59. The zero-order valence-corrected chi connectivity index (χ0v) is 21.6. The van der Waals surface area contributed by atoms with Crippen molar-refractivity contribution >= 4 is 12.2 Å². The summed E-state index contributed by atoms with van der Waals surface area (Å²) in [6.45, 7) is 8.69. The summed E-state index contributed by atoms with van der Waals surface area (Å²) in [5.74, 6) is 0.919. The Labute approximate surface area is 214 Å². The quantitative estimate of drug-likeness (QED) is 0.360. The molecule has 0 unspecified atom stereocenters. The van der Waals surface area contributed by atoms with Gasteiger partial charge < -0.3 is 20.1 Å². The van der Waals surface area contributed by atoms with Crippen LogP contribution in [0.5, 0.6) is 5.75 Å². The van der Waals surface area contributed by atoms with Gasteiger partial charge in [0.25, 0.3) is 12.0 Å². The molecule has 0 aliphatic carbocycles. The fraction of sp³-hybridized carbons (Fsp3) is 0.370. The van der Waals surface area contributed by atoms with Crippen molar-refractivity contribution in [1.29, 1.82) is 0 Å². The first kappa shape index (κ1) is 26.0. The normalized spacial score (nSPS) is 16.7. The second kappa shape index (κ2) is 9.78. The Kier molecular flexibility index (Phi) is 6.88. The number of aryl methyl sites for hydroxylation is 1. The maximum absolute atomic E-state index is 12.0. The fourth-order valence-electron chi connectivity index (χ4n) is 5.29. The van der Waals surface area contributed by atoms with Crippen LogP contribution in [0, 0.1) is 0 Å². The number of aromatic nitrogens is 5. The molecule has 0 atom stereocenters. The topological polar surface area (TPSA) is 135 Å². The lowest BCUT2D eigenvalue weighted by Gasteiger charge is -2.46. The predicted molar refractivity (Wildman–Crippen MR) is 141 cm³/mol. The van der Waals surface area contributed by atoms with Gasteiger partial charge in [0.2, 0.25) is 5.78 Å². The van der Waals surface area contributed by atoms with Gasteiger partial charge in [-0.05, 0) is 64.3 Å². The molecule has 1 fully saturated rings. The Morgan fingerprint density at radius 2 is 1.73 bits per heavy atom. The summed E-state index contributed by atoms with van der Waals surface area (Å²) in [7, 11) is 1.70. The van der Waals surface area contributed by atoms with Gasteiger partial charge in [-0.2, -0.15) is 0 Å². The first-order valence-electron chi connectivity index (χ1n) is 12.0. The molecule has 194 valence electrons. The van der Waals surface area contributed by atoms with Gasteiger partial charge in [-0.1, -0.05) is 0 Å². The van der Waals surface area contributed by atoms with E-state index < -0.39 is 0 Å². The third-order valence-electron chi connectivity index (χ3n) is 6.50. The van der Waals surface area contributed by atoms with E-state index in [9.17, 15) is 9.90 Å². The number of carbonyl (C=O) groups is 1. The highest BCUT2D eigenvalue weighted by Gasteiger charge is 2.38. The minimum absolute atomic E-state index is 0.00339. The van der Waals surface area contributed by atoms with Crippen molar-refractivity contribution in [3.05, 3.63) is 65.1 Å². The van der Waals surface area contributed by atoms with E-state index in [0.717, 1.165) is 18.5 Å². The van der Waals surface area contributed by atoms with Gasteiger partial charge in [-0.3, -0.25) is 14.0 Å². The van der Waals surface area contributed by atoms with Crippen molar-refractivity contribution in [3.8, 4) is 28.3 Å². The fourth-order valence-corrected chi connectivity index (χ4v) is 5.29. The van der Waals surface area contributed by atoms with Crippen molar-refractivity contribution < 1.29 is 15.0 Å². The summed E-state index contributed by atoms with van der Waals surface area (Å²) in [5.41, 5.74) is 3.26. The smallest absolute Gasteiger partial charge is 0.290 e. The van der Waals surface area contributed by atoms with Crippen molar-refractivity contribution in [2.45, 2.75) is 57.5 Å². The summed E-state index contributed by atoms with van der Waals surface area (Å²) in [6, 6.07) is 7.01. The second-order valence-corrected chi connectivity index (χ2v) is 10.7. The minimum atomic E-state index is -0.250. The molecule has 0 bridgehead atoms. The first-order chi connectivity index (χ1) is 17.4. The molecular weight excluding hydrogens is 472 g/mol. The van der Waals surface area contributed by atoms with Gasteiger partial charge >= 0.3 is 0 Å². The van der Waals surface area contributed by atoms with E-state index in [-0.39, 0.29) is 28.9 Å². The Hall–Kier alpha value is -4.05. The Morgan fingerprint density at radius 1 is 1.05 bits per heavy atom. The molecule has 10 heteroatoms. The number of piperidine rings is 1. The van der Waals surface area contributed by atoms with E-state index in [4.69, 9.17) is 14.9 Å². The summed E-state index contributed by atoms with van der Waals surface area (Å²) < 4.78 is 3.35. The molecule has 37 heavy (non-hydrogen) atoms. The van der Waals surface area contributed by atoms with E-state index in [1.54, 1.807) is 25.5 Å². The lowest BCUT2D eigenvalue weighted by molar-refractivity contribution is -0.122. The van der Waals surface area contributed by atoms with Crippen LogP contribution in [0.2, 0.25) is 0 Å². The number of hydrogen-bond donors (Lipinski definition) is 3. The van der Waals surface area contributed by atoms with Gasteiger partial charge in [0.05, 0.1) is 0 Å². The van der Waals surface area contributed by atoms with Crippen LogP contribution in [0.1, 0.15) is 52.1 Å². The molecule has 0 saturated carbocycles. The average molecular weight is 505 g/mol. The molecule has 3 N–H and O–H groups in total. The molecule has 0 radical (unpaired) electrons. The molecule has 1 aliphatic heterocycles. The Bertz CT molecular complexity index is 1490. The monoisotopic (exact) mass is 504 g/mol. The molecule has 0 amide bonds. The number of pyridine rings is 2. The third-order valence-corrected chi connectivity index (χ3v) is 6.50. The third kappa shape index (κ3) is 5.69. The molecule has 10 nitrogen and oxygen atoms in total. The number of carboxylic acid groups (broad SMARTS) is 1. The molecular formula is C27H32N6O4. The highest BCUT2D eigenvalue weighted by Crippen LogP contribution is 2.38. The number of nitrogens with one attached hydrogen (secondary N) is 1. The van der Waals surface area contributed by atoms with Gasteiger partial charge in [0.15, 0.2) is 0 Å². The van der Waals surface area contributed by atoms with E-state index in [1.807, 2.05) is 22.9 Å². The molecule has 4 aromatic heterocycles. The zero-order chi connectivity index (χ0) is 27.0. The maximum Gasteiger partial charge on any atom is 0.290 e. The van der Waals surface area contributed by atoms with Crippen LogP contribution in [-0.4, -0.2) is 51.7 Å². The number of rotatable bonds is 3. The van der Waals surface area contributed by atoms with Crippen LogP contribution >= 0.6 is 0 Å². The van der Waals surface area contributed by atoms with Crippen molar-refractivity contribution in [2.24, 2.45) is 7.05 Å². The van der Waals surface area contributed by atoms with Gasteiger partial charge in [0.1, 0.15) is 17.1 Å². The Balaban J connectivity index is 0.00000102. The average Bonchev–Trinajstić information content (AvgIpc) is 3.22. The number of fused-ring (bicyclic) bond motifs is 1. The molecule has 0 spiro atoms. The van der Waals surface area contributed by atoms with Crippen molar-refractivity contribution in [2.75, 3.05) is 0 Å². The zero-order valence-electron chi connectivity index (χ0n) is 21.6. The van der Waals surface area contributed by atoms with Crippen LogP contribution in [0.4, 0.5) is 0 Å². The highest BCUT2D eigenvalue weighted by molar-refractivity contribution is 5.71.